The van der Waals surface area contributed by atoms with Gasteiger partial charge < -0.3 is 10.1 Å². The lowest BCUT2D eigenvalue weighted by molar-refractivity contribution is 0.0575. The minimum atomic E-state index is 0.575. The van der Waals surface area contributed by atoms with Crippen molar-refractivity contribution in [2.45, 2.75) is 23.8 Å². The van der Waals surface area contributed by atoms with E-state index < -0.39 is 0 Å². The first-order chi connectivity index (χ1) is 8.81. The van der Waals surface area contributed by atoms with E-state index in [4.69, 9.17) is 4.74 Å². The van der Waals surface area contributed by atoms with Gasteiger partial charge in [-0.1, -0.05) is 12.1 Å². The molecule has 1 fully saturated rings. The van der Waals surface area contributed by atoms with Crippen molar-refractivity contribution < 1.29 is 4.74 Å². The predicted octanol–water partition coefficient (Wildman–Crippen LogP) is 3.56. The van der Waals surface area contributed by atoms with Gasteiger partial charge in [-0.3, -0.25) is 0 Å². The summed E-state index contributed by atoms with van der Waals surface area (Å²) in [6.45, 7) is 1.84. The van der Waals surface area contributed by atoms with Crippen LogP contribution in [-0.4, -0.2) is 32.1 Å². The molecule has 18 heavy (non-hydrogen) atoms. The second-order valence-corrected chi connectivity index (χ2v) is 6.50. The van der Waals surface area contributed by atoms with Gasteiger partial charge in [0, 0.05) is 34.4 Å². The Labute approximate surface area is 122 Å². The molecule has 1 aromatic carbocycles. The monoisotopic (exact) mass is 329 g/mol. The zero-order chi connectivity index (χ0) is 12.8. The number of ether oxygens (including phenoxy) is 1. The minimum Gasteiger partial charge on any atom is -0.381 e. The molecular formula is C14H20BrNOS. The van der Waals surface area contributed by atoms with Crippen molar-refractivity contribution in [2.75, 3.05) is 26.0 Å². The molecule has 2 nitrogen and oxygen atoms in total. The van der Waals surface area contributed by atoms with Gasteiger partial charge in [-0.25, -0.2) is 0 Å². The molecule has 1 aliphatic rings. The second kappa shape index (κ2) is 7.53. The average Bonchev–Trinajstić information content (AvgIpc) is 2.42. The Hall–Kier alpha value is -0.0300. The average molecular weight is 330 g/mol. The lowest BCUT2D eigenvalue weighted by Crippen LogP contribution is -2.38. The third-order valence-corrected chi connectivity index (χ3v) is 5.61. The summed E-state index contributed by atoms with van der Waals surface area (Å²) < 4.78 is 6.63. The molecule has 1 heterocycles. The summed E-state index contributed by atoms with van der Waals surface area (Å²) in [6, 6.07) is 9.00. The van der Waals surface area contributed by atoms with Crippen LogP contribution in [0.2, 0.25) is 0 Å². The van der Waals surface area contributed by atoms with Crippen molar-refractivity contribution in [3.05, 3.63) is 28.7 Å². The molecule has 0 aliphatic carbocycles. The maximum Gasteiger partial charge on any atom is 0.0469 e. The molecule has 4 heteroatoms. The van der Waals surface area contributed by atoms with Crippen LogP contribution in [-0.2, 0) is 4.74 Å². The van der Waals surface area contributed by atoms with E-state index in [1.165, 1.54) is 22.2 Å². The fourth-order valence-corrected chi connectivity index (χ4v) is 4.12. The van der Waals surface area contributed by atoms with Crippen LogP contribution in [0.3, 0.4) is 0 Å². The normalized spacial score (nSPS) is 18.8. The van der Waals surface area contributed by atoms with Crippen LogP contribution in [0.4, 0.5) is 0 Å². The second-order valence-electron chi connectivity index (χ2n) is 4.59. The number of nitrogens with one attached hydrogen (secondary N) is 1. The Morgan fingerprint density at radius 1 is 1.39 bits per heavy atom. The lowest BCUT2D eigenvalue weighted by Gasteiger charge is -2.30. The molecule has 0 amide bonds. The van der Waals surface area contributed by atoms with Gasteiger partial charge in [0.25, 0.3) is 0 Å². The molecule has 100 valence electrons. The molecule has 0 spiro atoms. The third-order valence-electron chi connectivity index (χ3n) is 3.46. The van der Waals surface area contributed by atoms with Gasteiger partial charge in [0.05, 0.1) is 0 Å². The van der Waals surface area contributed by atoms with E-state index >= 15 is 0 Å². The molecule has 1 aliphatic heterocycles. The maximum atomic E-state index is 5.43. The standard InChI is InChI=1S/C14H20BrNOS/c1-16-13(11-6-8-17-9-7-11)10-18-14-5-3-2-4-12(14)15/h2-5,11,13,16H,6-10H2,1H3. The van der Waals surface area contributed by atoms with E-state index in [0.29, 0.717) is 6.04 Å². The van der Waals surface area contributed by atoms with E-state index in [0.717, 1.165) is 24.9 Å². The highest BCUT2D eigenvalue weighted by Crippen LogP contribution is 2.30. The van der Waals surface area contributed by atoms with Crippen molar-refractivity contribution in [1.29, 1.82) is 0 Å². The molecule has 0 bridgehead atoms. The molecule has 2 rings (SSSR count). The smallest absolute Gasteiger partial charge is 0.0469 e. The van der Waals surface area contributed by atoms with Crippen LogP contribution in [0.1, 0.15) is 12.8 Å². The number of hydrogen-bond donors (Lipinski definition) is 1. The first kappa shape index (κ1) is 14.4. The SMILES string of the molecule is CNC(CSc1ccccc1Br)C1CCOCC1. The first-order valence-corrected chi connectivity index (χ1v) is 8.21. The molecule has 1 atom stereocenters. The fourth-order valence-electron chi connectivity index (χ4n) is 2.31. The zero-order valence-corrected chi connectivity index (χ0v) is 13.1. The molecule has 0 aromatic heterocycles. The van der Waals surface area contributed by atoms with E-state index in [2.05, 4.69) is 52.6 Å². The Morgan fingerprint density at radius 3 is 2.78 bits per heavy atom. The summed E-state index contributed by atoms with van der Waals surface area (Å²) in [5, 5.41) is 3.47. The van der Waals surface area contributed by atoms with Gasteiger partial charge in [0.2, 0.25) is 0 Å². The summed E-state index contributed by atoms with van der Waals surface area (Å²) in [5.74, 6) is 1.86. The number of hydrogen-bond acceptors (Lipinski definition) is 3. The molecule has 0 radical (unpaired) electrons. The molecule has 1 N–H and O–H groups in total. The van der Waals surface area contributed by atoms with Gasteiger partial charge in [-0.05, 0) is 53.9 Å². The molecule has 1 aromatic rings. The number of thioether (sulfide) groups is 1. The Bertz CT molecular complexity index is 369. The molecule has 1 unspecified atom stereocenters. The molecule has 0 saturated carbocycles. The summed E-state index contributed by atoms with van der Waals surface area (Å²) in [7, 11) is 2.07. The van der Waals surface area contributed by atoms with Gasteiger partial charge in [-0.2, -0.15) is 0 Å². The topological polar surface area (TPSA) is 21.3 Å². The van der Waals surface area contributed by atoms with E-state index in [1.54, 1.807) is 0 Å². The van der Waals surface area contributed by atoms with Crippen LogP contribution in [0, 0.1) is 5.92 Å². The van der Waals surface area contributed by atoms with Gasteiger partial charge in [0.1, 0.15) is 0 Å². The Kier molecular flexibility index (Phi) is 6.02. The van der Waals surface area contributed by atoms with Crippen LogP contribution >= 0.6 is 27.7 Å². The predicted molar refractivity (Wildman–Crippen MR) is 81.3 cm³/mol. The summed E-state index contributed by atoms with van der Waals surface area (Å²) in [4.78, 5) is 1.32. The number of rotatable bonds is 5. The van der Waals surface area contributed by atoms with Crippen LogP contribution < -0.4 is 5.32 Å². The van der Waals surface area contributed by atoms with E-state index in [1.807, 2.05) is 11.8 Å². The largest absolute Gasteiger partial charge is 0.381 e. The van der Waals surface area contributed by atoms with E-state index in [-0.39, 0.29) is 0 Å². The van der Waals surface area contributed by atoms with Crippen molar-refractivity contribution in [1.82, 2.24) is 5.32 Å². The number of benzene rings is 1. The van der Waals surface area contributed by atoms with Crippen molar-refractivity contribution in [2.24, 2.45) is 5.92 Å². The highest BCUT2D eigenvalue weighted by atomic mass is 79.9. The lowest BCUT2D eigenvalue weighted by atomic mass is 9.93. The summed E-state index contributed by atoms with van der Waals surface area (Å²) in [6.07, 6.45) is 2.37. The first-order valence-electron chi connectivity index (χ1n) is 6.43. The number of halogens is 1. The maximum absolute atomic E-state index is 5.43. The molecule has 1 saturated heterocycles. The Morgan fingerprint density at radius 2 is 2.11 bits per heavy atom. The fraction of sp³-hybridized carbons (Fsp3) is 0.571. The quantitative estimate of drug-likeness (QED) is 0.834. The highest BCUT2D eigenvalue weighted by Gasteiger charge is 2.22. The summed E-state index contributed by atoms with van der Waals surface area (Å²) >= 11 is 5.53. The van der Waals surface area contributed by atoms with Crippen LogP contribution in [0.25, 0.3) is 0 Å². The summed E-state index contributed by atoms with van der Waals surface area (Å²) in [5.41, 5.74) is 0. The van der Waals surface area contributed by atoms with Crippen LogP contribution in [0.5, 0.6) is 0 Å². The van der Waals surface area contributed by atoms with Gasteiger partial charge in [0.15, 0.2) is 0 Å². The van der Waals surface area contributed by atoms with Crippen molar-refractivity contribution in [3.8, 4) is 0 Å². The molecular weight excluding hydrogens is 310 g/mol. The third kappa shape index (κ3) is 3.98. The Balaban J connectivity index is 1.88. The van der Waals surface area contributed by atoms with E-state index in [9.17, 15) is 0 Å². The highest BCUT2D eigenvalue weighted by molar-refractivity contribution is 9.10. The van der Waals surface area contributed by atoms with Gasteiger partial charge >= 0.3 is 0 Å². The van der Waals surface area contributed by atoms with Crippen LogP contribution in [0.15, 0.2) is 33.6 Å². The van der Waals surface area contributed by atoms with Crippen molar-refractivity contribution >= 4 is 27.7 Å². The van der Waals surface area contributed by atoms with Crippen molar-refractivity contribution in [3.63, 3.8) is 0 Å². The van der Waals surface area contributed by atoms with Gasteiger partial charge in [-0.15, -0.1) is 11.8 Å². The zero-order valence-electron chi connectivity index (χ0n) is 10.7. The minimum absolute atomic E-state index is 0.575.